The van der Waals surface area contributed by atoms with Crippen LogP contribution in [0.3, 0.4) is 0 Å². The second kappa shape index (κ2) is 8.08. The SMILES string of the molecule is Nc1ccc2ncc(CN3C(=O)c4cc(F)ccc4[C@]34CCN(Cc3ccc(F)cc3)C4=O)cc2n1. The lowest BCUT2D eigenvalue weighted by Gasteiger charge is -2.34. The first-order valence-electron chi connectivity index (χ1n) is 11.5. The van der Waals surface area contributed by atoms with Gasteiger partial charge in [0.25, 0.3) is 11.8 Å². The van der Waals surface area contributed by atoms with Crippen molar-refractivity contribution in [2.75, 3.05) is 12.3 Å². The third-order valence-electron chi connectivity index (χ3n) is 6.99. The zero-order chi connectivity index (χ0) is 25.0. The third-order valence-corrected chi connectivity index (χ3v) is 6.99. The highest BCUT2D eigenvalue weighted by molar-refractivity contribution is 6.07. The molecule has 4 heterocycles. The summed E-state index contributed by atoms with van der Waals surface area (Å²) >= 11 is 0. The van der Waals surface area contributed by atoms with E-state index in [2.05, 4.69) is 9.97 Å². The van der Waals surface area contributed by atoms with E-state index in [1.165, 1.54) is 35.2 Å². The lowest BCUT2D eigenvalue weighted by molar-refractivity contribution is -0.137. The van der Waals surface area contributed by atoms with Crippen molar-refractivity contribution in [1.29, 1.82) is 0 Å². The largest absolute Gasteiger partial charge is 0.384 e. The van der Waals surface area contributed by atoms with Crippen molar-refractivity contribution >= 4 is 28.7 Å². The number of halogens is 2. The van der Waals surface area contributed by atoms with Crippen LogP contribution in [0.1, 0.15) is 33.5 Å². The van der Waals surface area contributed by atoms with Gasteiger partial charge in [-0.15, -0.1) is 0 Å². The molecule has 2 amide bonds. The fourth-order valence-electron chi connectivity index (χ4n) is 5.29. The second-order valence-corrected chi connectivity index (χ2v) is 9.16. The number of anilines is 1. The predicted octanol–water partition coefficient (Wildman–Crippen LogP) is 3.77. The summed E-state index contributed by atoms with van der Waals surface area (Å²) < 4.78 is 27.5. The number of hydrogen-bond acceptors (Lipinski definition) is 5. The molecule has 1 saturated heterocycles. The van der Waals surface area contributed by atoms with E-state index < -0.39 is 17.3 Å². The molecular weight excluding hydrogens is 464 g/mol. The van der Waals surface area contributed by atoms with Crippen LogP contribution < -0.4 is 5.73 Å². The van der Waals surface area contributed by atoms with Crippen LogP contribution in [-0.4, -0.2) is 38.1 Å². The second-order valence-electron chi connectivity index (χ2n) is 9.16. The Morgan fingerprint density at radius 1 is 0.889 bits per heavy atom. The van der Waals surface area contributed by atoms with E-state index in [9.17, 15) is 18.4 Å². The molecule has 6 rings (SSSR count). The first-order chi connectivity index (χ1) is 17.3. The van der Waals surface area contributed by atoms with Gasteiger partial charge in [-0.3, -0.25) is 14.6 Å². The van der Waals surface area contributed by atoms with Crippen molar-refractivity contribution in [1.82, 2.24) is 19.8 Å². The summed E-state index contributed by atoms with van der Waals surface area (Å²) in [5.74, 6) is -1.21. The summed E-state index contributed by atoms with van der Waals surface area (Å²) in [5.41, 5.74) is 7.92. The lowest BCUT2D eigenvalue weighted by atomic mass is 9.87. The average molecular weight is 485 g/mol. The Kier molecular flexibility index (Phi) is 4.96. The minimum Gasteiger partial charge on any atom is -0.384 e. The fraction of sp³-hybridized carbons (Fsp3) is 0.185. The number of nitrogen functional groups attached to an aromatic ring is 1. The van der Waals surface area contributed by atoms with E-state index in [1.54, 1.807) is 41.4 Å². The van der Waals surface area contributed by atoms with Crippen molar-refractivity contribution < 1.29 is 18.4 Å². The average Bonchev–Trinajstić information content (AvgIpc) is 3.30. The molecule has 1 spiro atoms. The zero-order valence-corrected chi connectivity index (χ0v) is 19.1. The van der Waals surface area contributed by atoms with E-state index in [1.807, 2.05) is 0 Å². The molecule has 2 aromatic carbocycles. The Morgan fingerprint density at radius 2 is 1.67 bits per heavy atom. The number of fused-ring (bicyclic) bond motifs is 3. The number of pyridine rings is 2. The number of nitrogens with two attached hydrogens (primary N) is 1. The molecule has 36 heavy (non-hydrogen) atoms. The van der Waals surface area contributed by atoms with Gasteiger partial charge in [-0.1, -0.05) is 18.2 Å². The summed E-state index contributed by atoms with van der Waals surface area (Å²) in [5, 5.41) is 0. The zero-order valence-electron chi connectivity index (χ0n) is 19.1. The first-order valence-corrected chi connectivity index (χ1v) is 11.5. The minimum absolute atomic E-state index is 0.0880. The monoisotopic (exact) mass is 485 g/mol. The highest BCUT2D eigenvalue weighted by Crippen LogP contribution is 2.47. The normalized spacial score (nSPS) is 19.1. The van der Waals surface area contributed by atoms with Gasteiger partial charge in [-0.05, 0) is 53.6 Å². The number of hydrogen-bond donors (Lipinski definition) is 1. The Labute approximate surface area is 205 Å². The third kappa shape index (κ3) is 3.38. The van der Waals surface area contributed by atoms with Gasteiger partial charge in [0.2, 0.25) is 0 Å². The van der Waals surface area contributed by atoms with Crippen LogP contribution in [0.5, 0.6) is 0 Å². The quantitative estimate of drug-likeness (QED) is 0.475. The summed E-state index contributed by atoms with van der Waals surface area (Å²) in [7, 11) is 0. The van der Waals surface area contributed by atoms with E-state index in [4.69, 9.17) is 5.73 Å². The smallest absolute Gasteiger partial charge is 0.255 e. The molecule has 2 N–H and O–H groups in total. The molecule has 1 fully saturated rings. The Bertz CT molecular complexity index is 1540. The number of amides is 2. The molecule has 0 unspecified atom stereocenters. The number of rotatable bonds is 4. The van der Waals surface area contributed by atoms with Gasteiger partial charge in [0.15, 0.2) is 0 Å². The molecule has 180 valence electrons. The van der Waals surface area contributed by atoms with Gasteiger partial charge in [0, 0.05) is 43.4 Å². The molecule has 0 saturated carbocycles. The van der Waals surface area contributed by atoms with Gasteiger partial charge in [0.1, 0.15) is 23.0 Å². The topological polar surface area (TPSA) is 92.4 Å². The molecule has 9 heteroatoms. The maximum Gasteiger partial charge on any atom is 0.255 e. The Balaban J connectivity index is 1.39. The summed E-state index contributed by atoms with van der Waals surface area (Å²) in [6.07, 6.45) is 1.99. The maximum atomic E-state index is 14.1. The molecule has 0 aliphatic carbocycles. The van der Waals surface area contributed by atoms with Crippen LogP contribution in [0.4, 0.5) is 14.6 Å². The summed E-state index contributed by atoms with van der Waals surface area (Å²) in [6, 6.07) is 15.2. The van der Waals surface area contributed by atoms with Crippen LogP contribution in [0.2, 0.25) is 0 Å². The Morgan fingerprint density at radius 3 is 2.47 bits per heavy atom. The number of nitrogens with zero attached hydrogens (tertiary/aromatic N) is 4. The molecule has 2 aromatic heterocycles. The molecular formula is C27H21F2N5O2. The minimum atomic E-state index is -1.27. The lowest BCUT2D eigenvalue weighted by Crippen LogP contribution is -2.49. The molecule has 4 aromatic rings. The summed E-state index contributed by atoms with van der Waals surface area (Å²) in [4.78, 5) is 39.4. The van der Waals surface area contributed by atoms with Crippen LogP contribution >= 0.6 is 0 Å². The number of aromatic nitrogens is 2. The molecule has 0 radical (unpaired) electrons. The highest BCUT2D eigenvalue weighted by Gasteiger charge is 2.59. The van der Waals surface area contributed by atoms with Gasteiger partial charge in [0.05, 0.1) is 11.0 Å². The van der Waals surface area contributed by atoms with Crippen LogP contribution in [0.25, 0.3) is 11.0 Å². The molecule has 0 bridgehead atoms. The van der Waals surface area contributed by atoms with E-state index in [-0.39, 0.29) is 30.4 Å². The Hall–Kier alpha value is -4.40. The van der Waals surface area contributed by atoms with E-state index in [0.717, 1.165) is 5.56 Å². The number of carbonyl (C=O) groups excluding carboxylic acids is 2. The number of likely N-dealkylation sites (tertiary alicyclic amines) is 1. The highest BCUT2D eigenvalue weighted by atomic mass is 19.1. The van der Waals surface area contributed by atoms with Crippen molar-refractivity contribution in [2.24, 2.45) is 0 Å². The molecule has 1 atom stereocenters. The van der Waals surface area contributed by atoms with Crippen LogP contribution in [-0.2, 0) is 23.4 Å². The summed E-state index contributed by atoms with van der Waals surface area (Å²) in [6.45, 7) is 0.760. The van der Waals surface area contributed by atoms with E-state index >= 15 is 0 Å². The van der Waals surface area contributed by atoms with Gasteiger partial charge in [-0.25, -0.2) is 13.8 Å². The molecule has 2 aliphatic rings. The van der Waals surface area contributed by atoms with Crippen molar-refractivity contribution in [3.05, 3.63) is 101 Å². The van der Waals surface area contributed by atoms with Gasteiger partial charge >= 0.3 is 0 Å². The maximum absolute atomic E-state index is 14.1. The van der Waals surface area contributed by atoms with Crippen LogP contribution in [0, 0.1) is 11.6 Å². The number of benzene rings is 2. The van der Waals surface area contributed by atoms with Gasteiger partial charge in [-0.2, -0.15) is 0 Å². The molecule has 7 nitrogen and oxygen atoms in total. The first kappa shape index (κ1) is 22.1. The number of carbonyl (C=O) groups is 2. The standard InChI is InChI=1S/C27H21F2N5O2/c28-18-3-1-16(2-4-18)14-33-10-9-27(26(33)36)21-6-5-19(29)12-20(21)25(35)34(27)15-17-11-23-22(31-13-17)7-8-24(30)32-23/h1-8,11-13H,9-10,14-15H2,(H2,30,32)/t27-/m0/s1. The van der Waals surface area contributed by atoms with Crippen molar-refractivity contribution in [3.63, 3.8) is 0 Å². The van der Waals surface area contributed by atoms with Crippen LogP contribution in [0.15, 0.2) is 66.9 Å². The van der Waals surface area contributed by atoms with Gasteiger partial charge < -0.3 is 15.5 Å². The van der Waals surface area contributed by atoms with E-state index in [0.29, 0.717) is 40.9 Å². The molecule has 2 aliphatic heterocycles. The van der Waals surface area contributed by atoms with Crippen molar-refractivity contribution in [3.8, 4) is 0 Å². The van der Waals surface area contributed by atoms with Crippen molar-refractivity contribution in [2.45, 2.75) is 25.0 Å². The predicted molar refractivity (Wildman–Crippen MR) is 128 cm³/mol. The fourth-order valence-corrected chi connectivity index (χ4v) is 5.29.